The first-order chi connectivity index (χ1) is 8.64. The molecule has 1 aromatic carbocycles. The Labute approximate surface area is 109 Å². The average Bonchev–Trinajstić information content (AvgIpc) is 2.56. The molecule has 0 radical (unpaired) electrons. The van der Waals surface area contributed by atoms with E-state index in [9.17, 15) is 5.11 Å². The summed E-state index contributed by atoms with van der Waals surface area (Å²) in [6.07, 6.45) is 5.10. The highest BCUT2D eigenvalue weighted by Gasteiger charge is 2.56. The topological polar surface area (TPSA) is 23.5 Å². The van der Waals surface area contributed by atoms with Crippen molar-refractivity contribution in [2.45, 2.75) is 56.0 Å². The van der Waals surface area contributed by atoms with E-state index in [0.717, 1.165) is 12.1 Å². The number of hydrogen-bond donors (Lipinski definition) is 1. The molecule has 2 saturated heterocycles. The zero-order valence-corrected chi connectivity index (χ0v) is 11.2. The highest BCUT2D eigenvalue weighted by atomic mass is 16.3. The summed E-state index contributed by atoms with van der Waals surface area (Å²) < 4.78 is 0. The Morgan fingerprint density at radius 1 is 1.39 bits per heavy atom. The van der Waals surface area contributed by atoms with Crippen molar-refractivity contribution in [1.82, 2.24) is 4.90 Å². The molecule has 0 spiro atoms. The molecule has 4 atom stereocenters. The van der Waals surface area contributed by atoms with Crippen LogP contribution in [0.3, 0.4) is 0 Å². The number of phenolic OH excluding ortho intramolecular Hbond substituents is 1. The number of aromatic hydroxyl groups is 1. The van der Waals surface area contributed by atoms with Crippen LogP contribution in [0.4, 0.5) is 0 Å². The van der Waals surface area contributed by atoms with E-state index in [1.807, 2.05) is 6.07 Å². The van der Waals surface area contributed by atoms with Crippen molar-refractivity contribution >= 4 is 0 Å². The van der Waals surface area contributed by atoms with Crippen LogP contribution in [-0.4, -0.2) is 29.1 Å². The summed E-state index contributed by atoms with van der Waals surface area (Å²) in [6.45, 7) is 2.32. The quantitative estimate of drug-likeness (QED) is 0.819. The van der Waals surface area contributed by atoms with E-state index in [1.165, 1.54) is 36.8 Å². The van der Waals surface area contributed by atoms with Crippen molar-refractivity contribution in [2.24, 2.45) is 0 Å². The fraction of sp³-hybridized carbons (Fsp3) is 0.625. The summed E-state index contributed by atoms with van der Waals surface area (Å²) in [6, 6.07) is 7.60. The van der Waals surface area contributed by atoms with Gasteiger partial charge in [0.05, 0.1) is 0 Å². The highest BCUT2D eigenvalue weighted by Crippen LogP contribution is 2.59. The van der Waals surface area contributed by atoms with E-state index in [0.29, 0.717) is 17.1 Å². The van der Waals surface area contributed by atoms with Gasteiger partial charge >= 0.3 is 0 Å². The molecule has 1 aliphatic carbocycles. The highest BCUT2D eigenvalue weighted by molar-refractivity contribution is 5.48. The number of phenols is 1. The molecule has 18 heavy (non-hydrogen) atoms. The number of fused-ring (bicyclic) bond motifs is 5. The van der Waals surface area contributed by atoms with Gasteiger partial charge in [-0.15, -0.1) is 0 Å². The van der Waals surface area contributed by atoms with Gasteiger partial charge in [-0.2, -0.15) is 0 Å². The predicted octanol–water partition coefficient (Wildman–Crippen LogP) is 3.00. The summed E-state index contributed by atoms with van der Waals surface area (Å²) in [5.74, 6) is 1.15. The molecule has 0 aromatic heterocycles. The number of hydrogen-bond acceptors (Lipinski definition) is 2. The van der Waals surface area contributed by atoms with Crippen LogP contribution < -0.4 is 0 Å². The summed E-state index contributed by atoms with van der Waals surface area (Å²) in [4.78, 5) is 2.62. The lowest BCUT2D eigenvalue weighted by molar-refractivity contribution is 0.0943. The van der Waals surface area contributed by atoms with E-state index in [4.69, 9.17) is 0 Å². The number of piperidine rings is 1. The molecule has 0 amide bonds. The van der Waals surface area contributed by atoms with Gasteiger partial charge in [-0.25, -0.2) is 0 Å². The Kier molecular flexibility index (Phi) is 1.99. The molecule has 2 heterocycles. The maximum Gasteiger partial charge on any atom is 0.115 e. The van der Waals surface area contributed by atoms with E-state index in [1.54, 1.807) is 0 Å². The van der Waals surface area contributed by atoms with Crippen molar-refractivity contribution in [3.8, 4) is 5.75 Å². The third-order valence-corrected chi connectivity index (χ3v) is 6.00. The largest absolute Gasteiger partial charge is 0.508 e. The van der Waals surface area contributed by atoms with Gasteiger partial charge in [-0.3, -0.25) is 4.90 Å². The third-order valence-electron chi connectivity index (χ3n) is 6.00. The lowest BCUT2D eigenvalue weighted by atomic mass is 9.62. The van der Waals surface area contributed by atoms with Crippen LogP contribution in [0.1, 0.15) is 49.7 Å². The minimum Gasteiger partial charge on any atom is -0.508 e. The molecule has 0 unspecified atom stereocenters. The number of rotatable bonds is 1. The first kappa shape index (κ1) is 10.9. The molecule has 2 fully saturated rings. The molecule has 96 valence electrons. The minimum absolute atomic E-state index is 0.336. The zero-order valence-electron chi connectivity index (χ0n) is 11.2. The van der Waals surface area contributed by atoms with Crippen LogP contribution in [0, 0.1) is 0 Å². The summed E-state index contributed by atoms with van der Waals surface area (Å²) in [5.41, 5.74) is 3.32. The van der Waals surface area contributed by atoms with Gasteiger partial charge in [0.25, 0.3) is 0 Å². The number of likely N-dealkylation sites (N-methyl/N-ethyl adjacent to an activating group) is 1. The second-order valence-electron chi connectivity index (χ2n) is 6.54. The fourth-order valence-electron chi connectivity index (χ4n) is 4.98. The summed E-state index contributed by atoms with van der Waals surface area (Å²) >= 11 is 0. The van der Waals surface area contributed by atoms with Gasteiger partial charge in [-0.05, 0) is 61.4 Å². The maximum absolute atomic E-state index is 9.84. The van der Waals surface area contributed by atoms with Crippen LogP contribution >= 0.6 is 0 Å². The lowest BCUT2D eigenvalue weighted by Crippen LogP contribution is -2.50. The molecule has 2 nitrogen and oxygen atoms in total. The molecule has 3 bridgehead atoms. The van der Waals surface area contributed by atoms with Crippen molar-refractivity contribution < 1.29 is 5.11 Å². The second-order valence-corrected chi connectivity index (χ2v) is 6.54. The normalized spacial score (nSPS) is 41.1. The zero-order chi connectivity index (χ0) is 12.5. The van der Waals surface area contributed by atoms with E-state index >= 15 is 0 Å². The van der Waals surface area contributed by atoms with E-state index in [2.05, 4.69) is 31.0 Å². The van der Waals surface area contributed by atoms with Crippen LogP contribution in [0.15, 0.2) is 18.2 Å². The maximum atomic E-state index is 9.84. The standard InChI is InChI=1S/C16H21NO/c1-3-16-8-10-6-13(15(9-16)17(10)2)12-5-4-11(18)7-14(12)16/h4-5,7,10,13,15,18H,3,6,8-9H2,1-2H3/t10-,13+,15-,16+/m1/s1. The third kappa shape index (κ3) is 1.13. The first-order valence-corrected chi connectivity index (χ1v) is 7.20. The lowest BCUT2D eigenvalue weighted by Gasteiger charge is -2.50. The monoisotopic (exact) mass is 243 g/mol. The van der Waals surface area contributed by atoms with Gasteiger partial charge < -0.3 is 5.11 Å². The molecule has 2 heteroatoms. The van der Waals surface area contributed by atoms with Crippen LogP contribution in [0.5, 0.6) is 5.75 Å². The first-order valence-electron chi connectivity index (χ1n) is 7.20. The van der Waals surface area contributed by atoms with Crippen LogP contribution in [-0.2, 0) is 5.41 Å². The average molecular weight is 243 g/mol. The van der Waals surface area contributed by atoms with Crippen molar-refractivity contribution in [3.05, 3.63) is 29.3 Å². The van der Waals surface area contributed by atoms with Crippen molar-refractivity contribution in [2.75, 3.05) is 7.05 Å². The van der Waals surface area contributed by atoms with E-state index in [-0.39, 0.29) is 0 Å². The van der Waals surface area contributed by atoms with Crippen LogP contribution in [0.2, 0.25) is 0 Å². The molecule has 0 saturated carbocycles. The predicted molar refractivity (Wildman–Crippen MR) is 72.0 cm³/mol. The Hall–Kier alpha value is -1.02. The van der Waals surface area contributed by atoms with Gasteiger partial charge in [-0.1, -0.05) is 13.0 Å². The van der Waals surface area contributed by atoms with Gasteiger partial charge in [0, 0.05) is 18.0 Å². The van der Waals surface area contributed by atoms with Gasteiger partial charge in [0.1, 0.15) is 5.75 Å². The van der Waals surface area contributed by atoms with E-state index < -0.39 is 0 Å². The number of benzene rings is 1. The molecule has 2 aliphatic heterocycles. The fourth-order valence-corrected chi connectivity index (χ4v) is 4.98. The SMILES string of the molecule is CC[C@@]12C[C@H]3C[C@@H](c4ccc(O)cc41)[C@@H](C2)N3C. The van der Waals surface area contributed by atoms with Crippen molar-refractivity contribution in [1.29, 1.82) is 0 Å². The Morgan fingerprint density at radius 3 is 3.00 bits per heavy atom. The Balaban J connectivity index is 1.96. The summed E-state index contributed by atoms with van der Waals surface area (Å²) in [5, 5.41) is 9.84. The van der Waals surface area contributed by atoms with Gasteiger partial charge in [0.2, 0.25) is 0 Å². The molecular formula is C16H21NO. The van der Waals surface area contributed by atoms with Crippen molar-refractivity contribution in [3.63, 3.8) is 0 Å². The Bertz CT molecular complexity index is 508. The second kappa shape index (κ2) is 3.30. The summed E-state index contributed by atoms with van der Waals surface area (Å²) in [7, 11) is 2.31. The number of nitrogens with zero attached hydrogens (tertiary/aromatic N) is 1. The molecular weight excluding hydrogens is 222 g/mol. The molecule has 4 rings (SSSR count). The Morgan fingerprint density at radius 2 is 2.22 bits per heavy atom. The molecule has 3 aliphatic rings. The smallest absolute Gasteiger partial charge is 0.115 e. The van der Waals surface area contributed by atoms with Crippen LogP contribution in [0.25, 0.3) is 0 Å². The van der Waals surface area contributed by atoms with Gasteiger partial charge in [0.15, 0.2) is 0 Å². The molecule has 1 aromatic rings. The minimum atomic E-state index is 0.336. The molecule has 1 N–H and O–H groups in total.